The number of aromatic nitrogens is 2. The fourth-order valence-electron chi connectivity index (χ4n) is 3.69. The number of piperidine rings is 1. The van der Waals surface area contributed by atoms with Gasteiger partial charge in [0.25, 0.3) is 5.91 Å². The van der Waals surface area contributed by atoms with Gasteiger partial charge in [-0.1, -0.05) is 30.3 Å². The van der Waals surface area contributed by atoms with Gasteiger partial charge in [-0.15, -0.1) is 0 Å². The molecular weight excluding hydrogens is 312 g/mol. The minimum Gasteiger partial charge on any atom is -0.341 e. The van der Waals surface area contributed by atoms with Crippen LogP contribution in [0.4, 0.5) is 0 Å². The van der Waals surface area contributed by atoms with E-state index in [4.69, 9.17) is 0 Å². The summed E-state index contributed by atoms with van der Waals surface area (Å²) in [4.78, 5) is 16.8. The van der Waals surface area contributed by atoms with Gasteiger partial charge in [0.1, 0.15) is 0 Å². The van der Waals surface area contributed by atoms with Crippen LogP contribution in [0.5, 0.6) is 0 Å². The summed E-state index contributed by atoms with van der Waals surface area (Å²) in [5, 5.41) is 4.09. The van der Waals surface area contributed by atoms with Crippen LogP contribution in [-0.4, -0.2) is 52.2 Å². The molecule has 3 rings (SSSR count). The number of benzene rings is 1. The summed E-state index contributed by atoms with van der Waals surface area (Å²) in [6.45, 7) is 5.29. The summed E-state index contributed by atoms with van der Waals surface area (Å²) in [5.74, 6) is 0.637. The van der Waals surface area contributed by atoms with Gasteiger partial charge in [0.2, 0.25) is 0 Å². The minimum absolute atomic E-state index is 0.0631. The van der Waals surface area contributed by atoms with Crippen LogP contribution in [-0.2, 0) is 7.05 Å². The topological polar surface area (TPSA) is 41.4 Å². The number of hydrogen-bond donors (Lipinski definition) is 0. The smallest absolute Gasteiger partial charge is 0.256 e. The monoisotopic (exact) mass is 340 g/mol. The van der Waals surface area contributed by atoms with Crippen molar-refractivity contribution in [3.05, 3.63) is 53.9 Å². The van der Waals surface area contributed by atoms with E-state index in [0.717, 1.165) is 32.5 Å². The van der Waals surface area contributed by atoms with Crippen LogP contribution < -0.4 is 0 Å². The van der Waals surface area contributed by atoms with Crippen LogP contribution in [0, 0.1) is 5.92 Å². The Labute approximate surface area is 150 Å². The molecule has 1 amide bonds. The van der Waals surface area contributed by atoms with E-state index in [1.165, 1.54) is 5.56 Å². The molecule has 1 aromatic heterocycles. The van der Waals surface area contributed by atoms with Crippen molar-refractivity contribution in [1.29, 1.82) is 0 Å². The predicted octanol–water partition coefficient (Wildman–Crippen LogP) is 2.97. The van der Waals surface area contributed by atoms with E-state index in [9.17, 15) is 4.79 Å². The molecule has 1 aliphatic rings. The summed E-state index contributed by atoms with van der Waals surface area (Å²) in [5.41, 5.74) is 2.05. The molecule has 0 N–H and O–H groups in total. The third-order valence-corrected chi connectivity index (χ3v) is 5.31. The van der Waals surface area contributed by atoms with Gasteiger partial charge in [-0.25, -0.2) is 0 Å². The Balaban J connectivity index is 1.50. The molecule has 1 saturated heterocycles. The van der Waals surface area contributed by atoms with Gasteiger partial charge in [-0.05, 0) is 44.3 Å². The Kier molecular flexibility index (Phi) is 5.53. The molecule has 1 atom stereocenters. The van der Waals surface area contributed by atoms with E-state index in [2.05, 4.69) is 47.3 Å². The van der Waals surface area contributed by atoms with Crippen molar-refractivity contribution in [2.45, 2.75) is 25.8 Å². The highest BCUT2D eigenvalue weighted by Crippen LogP contribution is 2.27. The molecule has 0 radical (unpaired) electrons. The van der Waals surface area contributed by atoms with Crippen molar-refractivity contribution < 1.29 is 4.79 Å². The van der Waals surface area contributed by atoms with Crippen molar-refractivity contribution in [2.75, 3.05) is 26.7 Å². The highest BCUT2D eigenvalue weighted by molar-refractivity contribution is 5.93. The maximum Gasteiger partial charge on any atom is 0.256 e. The van der Waals surface area contributed by atoms with Gasteiger partial charge in [-0.3, -0.25) is 14.4 Å². The largest absolute Gasteiger partial charge is 0.341 e. The Morgan fingerprint density at radius 1 is 1.28 bits per heavy atom. The molecule has 1 unspecified atom stereocenters. The SMILES string of the molecule is CC(c1ccccc1)N1CCC(CN(C)C(=O)c2cnn(C)c2)CC1. The molecule has 134 valence electrons. The maximum absolute atomic E-state index is 12.5. The molecule has 2 heterocycles. The molecule has 5 nitrogen and oxygen atoms in total. The van der Waals surface area contributed by atoms with E-state index in [1.807, 2.05) is 19.0 Å². The molecule has 0 saturated carbocycles. The second-order valence-corrected chi connectivity index (χ2v) is 7.15. The Bertz CT molecular complexity index is 689. The number of aryl methyl sites for hydroxylation is 1. The summed E-state index contributed by atoms with van der Waals surface area (Å²) in [6.07, 6.45) is 5.70. The van der Waals surface area contributed by atoms with E-state index in [0.29, 0.717) is 17.5 Å². The maximum atomic E-state index is 12.5. The number of carbonyl (C=O) groups excluding carboxylic acids is 1. The molecule has 0 aliphatic carbocycles. The van der Waals surface area contributed by atoms with Crippen LogP contribution in [0.15, 0.2) is 42.7 Å². The van der Waals surface area contributed by atoms with Crippen LogP contribution >= 0.6 is 0 Å². The number of nitrogens with zero attached hydrogens (tertiary/aromatic N) is 4. The molecule has 1 aliphatic heterocycles. The normalized spacial score (nSPS) is 17.4. The van der Waals surface area contributed by atoms with Crippen LogP contribution in [0.1, 0.15) is 41.7 Å². The van der Waals surface area contributed by atoms with E-state index >= 15 is 0 Å². The highest BCUT2D eigenvalue weighted by Gasteiger charge is 2.25. The van der Waals surface area contributed by atoms with Gasteiger partial charge >= 0.3 is 0 Å². The van der Waals surface area contributed by atoms with E-state index in [-0.39, 0.29) is 5.91 Å². The molecule has 0 bridgehead atoms. The van der Waals surface area contributed by atoms with Gasteiger partial charge < -0.3 is 4.90 Å². The van der Waals surface area contributed by atoms with E-state index in [1.54, 1.807) is 17.1 Å². The third-order valence-electron chi connectivity index (χ3n) is 5.31. The summed E-state index contributed by atoms with van der Waals surface area (Å²) >= 11 is 0. The first-order valence-corrected chi connectivity index (χ1v) is 9.07. The van der Waals surface area contributed by atoms with Gasteiger partial charge in [-0.2, -0.15) is 5.10 Å². The average Bonchev–Trinajstić information content (AvgIpc) is 3.08. The van der Waals surface area contributed by atoms with Gasteiger partial charge in [0, 0.05) is 32.9 Å². The number of amides is 1. The lowest BCUT2D eigenvalue weighted by Gasteiger charge is -2.37. The molecule has 25 heavy (non-hydrogen) atoms. The minimum atomic E-state index is 0.0631. The van der Waals surface area contributed by atoms with Gasteiger partial charge in [0.05, 0.1) is 11.8 Å². The number of hydrogen-bond acceptors (Lipinski definition) is 3. The predicted molar refractivity (Wildman–Crippen MR) is 99.3 cm³/mol. The van der Waals surface area contributed by atoms with Gasteiger partial charge in [0.15, 0.2) is 0 Å². The zero-order valence-corrected chi connectivity index (χ0v) is 15.4. The molecule has 5 heteroatoms. The number of likely N-dealkylation sites (tertiary alicyclic amines) is 1. The van der Waals surface area contributed by atoms with Crippen molar-refractivity contribution in [3.63, 3.8) is 0 Å². The molecule has 1 fully saturated rings. The number of rotatable bonds is 5. The van der Waals surface area contributed by atoms with Crippen molar-refractivity contribution in [1.82, 2.24) is 19.6 Å². The Morgan fingerprint density at radius 3 is 2.56 bits per heavy atom. The standard InChI is InChI=1S/C20H28N4O/c1-16(18-7-5-4-6-8-18)24-11-9-17(10-12-24)14-22(2)20(25)19-13-21-23(3)15-19/h4-8,13,15-17H,9-12,14H2,1-3H3. The van der Waals surface area contributed by atoms with Crippen LogP contribution in [0.3, 0.4) is 0 Å². The van der Waals surface area contributed by atoms with Crippen molar-refractivity contribution in [2.24, 2.45) is 13.0 Å². The summed E-state index contributed by atoms with van der Waals surface area (Å²) in [6, 6.07) is 11.2. The summed E-state index contributed by atoms with van der Waals surface area (Å²) < 4.78 is 1.67. The van der Waals surface area contributed by atoms with Crippen molar-refractivity contribution in [3.8, 4) is 0 Å². The lowest BCUT2D eigenvalue weighted by molar-refractivity contribution is 0.0721. The fraction of sp³-hybridized carbons (Fsp3) is 0.500. The first-order valence-electron chi connectivity index (χ1n) is 9.07. The highest BCUT2D eigenvalue weighted by atomic mass is 16.2. The van der Waals surface area contributed by atoms with Crippen LogP contribution in [0.25, 0.3) is 0 Å². The Morgan fingerprint density at radius 2 is 1.96 bits per heavy atom. The molecule has 1 aromatic carbocycles. The third kappa shape index (κ3) is 4.28. The fourth-order valence-corrected chi connectivity index (χ4v) is 3.69. The average molecular weight is 340 g/mol. The zero-order valence-electron chi connectivity index (χ0n) is 15.4. The number of carbonyl (C=O) groups is 1. The van der Waals surface area contributed by atoms with E-state index < -0.39 is 0 Å². The van der Waals surface area contributed by atoms with Crippen molar-refractivity contribution >= 4 is 5.91 Å². The molecule has 2 aromatic rings. The zero-order chi connectivity index (χ0) is 17.8. The van der Waals surface area contributed by atoms with Crippen LogP contribution in [0.2, 0.25) is 0 Å². The first-order chi connectivity index (χ1) is 12.0. The lowest BCUT2D eigenvalue weighted by atomic mass is 9.94. The molecule has 0 spiro atoms. The summed E-state index contributed by atoms with van der Waals surface area (Å²) in [7, 11) is 3.73. The second-order valence-electron chi connectivity index (χ2n) is 7.15. The Hall–Kier alpha value is -2.14. The molecular formula is C20H28N4O. The lowest BCUT2D eigenvalue weighted by Crippen LogP contribution is -2.40. The quantitative estimate of drug-likeness (QED) is 0.840. The first kappa shape index (κ1) is 17.7. The second kappa shape index (κ2) is 7.83.